The molecule has 0 bridgehead atoms. The number of alkyl halides is 1. The molecule has 0 aliphatic heterocycles. The standard InChI is InChI=1S/C9H12ClN3O/c1-13-8(4-7-12-13)9(14)11-6-3-2-5-10/h2-4,7H,5-6H2,1H3,(H,11,14)/b3-2+. The Morgan fingerprint density at radius 2 is 2.50 bits per heavy atom. The first kappa shape index (κ1) is 10.8. The lowest BCUT2D eigenvalue weighted by Crippen LogP contribution is -2.25. The summed E-state index contributed by atoms with van der Waals surface area (Å²) in [4.78, 5) is 11.5. The number of rotatable bonds is 4. The van der Waals surface area contributed by atoms with Crippen molar-refractivity contribution in [2.45, 2.75) is 0 Å². The molecule has 1 aromatic rings. The summed E-state index contributed by atoms with van der Waals surface area (Å²) in [5.41, 5.74) is 0.546. The molecular weight excluding hydrogens is 202 g/mol. The van der Waals surface area contributed by atoms with Crippen LogP contribution in [0, 0.1) is 0 Å². The van der Waals surface area contributed by atoms with Gasteiger partial charge in [0.05, 0.1) is 0 Å². The van der Waals surface area contributed by atoms with Crippen LogP contribution in [0.3, 0.4) is 0 Å². The van der Waals surface area contributed by atoms with Crippen molar-refractivity contribution in [1.29, 1.82) is 0 Å². The molecular formula is C9H12ClN3O. The molecule has 0 saturated carbocycles. The first-order valence-electron chi connectivity index (χ1n) is 4.23. The Morgan fingerprint density at radius 1 is 1.71 bits per heavy atom. The average molecular weight is 214 g/mol. The Kier molecular flexibility index (Phi) is 4.19. The zero-order valence-corrected chi connectivity index (χ0v) is 8.66. The molecule has 14 heavy (non-hydrogen) atoms. The highest BCUT2D eigenvalue weighted by Gasteiger charge is 2.07. The van der Waals surface area contributed by atoms with Gasteiger partial charge in [-0.05, 0) is 6.07 Å². The quantitative estimate of drug-likeness (QED) is 0.598. The molecule has 1 rings (SSSR count). The minimum Gasteiger partial charge on any atom is -0.347 e. The van der Waals surface area contributed by atoms with Crippen LogP contribution in [0.1, 0.15) is 10.5 Å². The van der Waals surface area contributed by atoms with Crippen LogP contribution < -0.4 is 5.32 Å². The van der Waals surface area contributed by atoms with Crippen molar-refractivity contribution >= 4 is 17.5 Å². The summed E-state index contributed by atoms with van der Waals surface area (Å²) in [6, 6.07) is 1.67. The van der Waals surface area contributed by atoms with Crippen LogP contribution in [-0.4, -0.2) is 28.1 Å². The summed E-state index contributed by atoms with van der Waals surface area (Å²) in [6.07, 6.45) is 5.18. The van der Waals surface area contributed by atoms with Crippen LogP contribution >= 0.6 is 11.6 Å². The molecule has 0 aromatic carbocycles. The number of aryl methyl sites for hydroxylation is 1. The minimum absolute atomic E-state index is 0.135. The number of halogens is 1. The third-order valence-corrected chi connectivity index (χ3v) is 1.87. The third kappa shape index (κ3) is 2.88. The molecule has 1 amide bonds. The summed E-state index contributed by atoms with van der Waals surface area (Å²) in [7, 11) is 1.73. The van der Waals surface area contributed by atoms with Gasteiger partial charge in [0.15, 0.2) is 0 Å². The summed E-state index contributed by atoms with van der Waals surface area (Å²) in [6.45, 7) is 0.483. The second kappa shape index (κ2) is 5.44. The fourth-order valence-corrected chi connectivity index (χ4v) is 1.11. The fourth-order valence-electron chi connectivity index (χ4n) is 0.985. The van der Waals surface area contributed by atoms with E-state index in [4.69, 9.17) is 11.6 Å². The predicted octanol–water partition coefficient (Wildman–Crippen LogP) is 0.945. The molecule has 1 N–H and O–H groups in total. The zero-order valence-electron chi connectivity index (χ0n) is 7.90. The summed E-state index contributed by atoms with van der Waals surface area (Å²) in [5, 5.41) is 6.61. The van der Waals surface area contributed by atoms with E-state index in [9.17, 15) is 4.79 Å². The largest absolute Gasteiger partial charge is 0.347 e. The number of aromatic nitrogens is 2. The number of carbonyl (C=O) groups is 1. The van der Waals surface area contributed by atoms with Gasteiger partial charge in [0.1, 0.15) is 5.69 Å². The fraction of sp³-hybridized carbons (Fsp3) is 0.333. The van der Waals surface area contributed by atoms with Crippen molar-refractivity contribution in [2.24, 2.45) is 7.05 Å². The number of carbonyl (C=O) groups excluding carboxylic acids is 1. The second-order valence-electron chi connectivity index (χ2n) is 2.68. The van der Waals surface area contributed by atoms with Gasteiger partial charge >= 0.3 is 0 Å². The molecule has 0 radical (unpaired) electrons. The van der Waals surface area contributed by atoms with Gasteiger partial charge in [-0.25, -0.2) is 0 Å². The van der Waals surface area contributed by atoms with E-state index >= 15 is 0 Å². The summed E-state index contributed by atoms with van der Waals surface area (Å²) in [5.74, 6) is 0.325. The van der Waals surface area contributed by atoms with Crippen LogP contribution in [-0.2, 0) is 7.05 Å². The Hall–Kier alpha value is -1.29. The topological polar surface area (TPSA) is 46.9 Å². The molecule has 0 aliphatic rings. The van der Waals surface area contributed by atoms with E-state index in [1.165, 1.54) is 4.68 Å². The van der Waals surface area contributed by atoms with Gasteiger partial charge in [-0.15, -0.1) is 11.6 Å². The van der Waals surface area contributed by atoms with Crippen LogP contribution in [0.25, 0.3) is 0 Å². The molecule has 76 valence electrons. The smallest absolute Gasteiger partial charge is 0.269 e. The highest BCUT2D eigenvalue weighted by atomic mass is 35.5. The maximum Gasteiger partial charge on any atom is 0.269 e. The van der Waals surface area contributed by atoms with Crippen LogP contribution in [0.4, 0.5) is 0 Å². The normalized spacial score (nSPS) is 10.7. The number of hydrogen-bond donors (Lipinski definition) is 1. The minimum atomic E-state index is -0.135. The molecule has 0 saturated heterocycles. The van der Waals surface area contributed by atoms with Gasteiger partial charge in [0.2, 0.25) is 0 Å². The van der Waals surface area contributed by atoms with Crippen LogP contribution in [0.5, 0.6) is 0 Å². The number of amides is 1. The number of hydrogen-bond acceptors (Lipinski definition) is 2. The first-order chi connectivity index (χ1) is 6.75. The van der Waals surface area contributed by atoms with Gasteiger partial charge in [0, 0.05) is 25.7 Å². The van der Waals surface area contributed by atoms with E-state index in [0.717, 1.165) is 0 Å². The third-order valence-electron chi connectivity index (χ3n) is 1.69. The lowest BCUT2D eigenvalue weighted by atomic mass is 10.4. The predicted molar refractivity (Wildman–Crippen MR) is 55.4 cm³/mol. The lowest BCUT2D eigenvalue weighted by Gasteiger charge is -2.01. The number of nitrogens with zero attached hydrogens (tertiary/aromatic N) is 2. The molecule has 1 heterocycles. The first-order valence-corrected chi connectivity index (χ1v) is 4.76. The second-order valence-corrected chi connectivity index (χ2v) is 2.98. The number of nitrogens with one attached hydrogen (secondary N) is 1. The molecule has 5 heteroatoms. The Bertz CT molecular complexity index is 333. The number of allylic oxidation sites excluding steroid dienone is 1. The maximum atomic E-state index is 11.5. The molecule has 0 unspecified atom stereocenters. The molecule has 1 aromatic heterocycles. The van der Waals surface area contributed by atoms with Gasteiger partial charge in [-0.2, -0.15) is 5.10 Å². The summed E-state index contributed by atoms with van der Waals surface area (Å²) >= 11 is 5.43. The Labute approximate surface area is 87.6 Å². The van der Waals surface area contributed by atoms with Crippen molar-refractivity contribution < 1.29 is 4.79 Å². The lowest BCUT2D eigenvalue weighted by molar-refractivity contribution is 0.0948. The van der Waals surface area contributed by atoms with Crippen molar-refractivity contribution in [1.82, 2.24) is 15.1 Å². The van der Waals surface area contributed by atoms with Gasteiger partial charge in [-0.3, -0.25) is 9.48 Å². The van der Waals surface area contributed by atoms with Crippen molar-refractivity contribution in [2.75, 3.05) is 12.4 Å². The Balaban J connectivity index is 2.44. The van der Waals surface area contributed by atoms with E-state index in [2.05, 4.69) is 10.4 Å². The summed E-state index contributed by atoms with van der Waals surface area (Å²) < 4.78 is 1.53. The van der Waals surface area contributed by atoms with E-state index < -0.39 is 0 Å². The SMILES string of the molecule is Cn1nccc1C(=O)NC/C=C/CCl. The van der Waals surface area contributed by atoms with Gasteiger partial charge in [-0.1, -0.05) is 12.2 Å². The highest BCUT2D eigenvalue weighted by Crippen LogP contribution is 1.94. The van der Waals surface area contributed by atoms with Crippen LogP contribution in [0.15, 0.2) is 24.4 Å². The molecule has 0 fully saturated rings. The molecule has 0 spiro atoms. The Morgan fingerprint density at radius 3 is 3.07 bits per heavy atom. The molecule has 4 nitrogen and oxygen atoms in total. The van der Waals surface area contributed by atoms with Crippen molar-refractivity contribution in [3.8, 4) is 0 Å². The average Bonchev–Trinajstić information content (AvgIpc) is 2.59. The van der Waals surface area contributed by atoms with Gasteiger partial charge in [0.25, 0.3) is 5.91 Å². The van der Waals surface area contributed by atoms with Crippen molar-refractivity contribution in [3.05, 3.63) is 30.1 Å². The van der Waals surface area contributed by atoms with E-state index in [1.54, 1.807) is 31.5 Å². The van der Waals surface area contributed by atoms with E-state index in [1.807, 2.05) is 0 Å². The van der Waals surface area contributed by atoms with Gasteiger partial charge < -0.3 is 5.32 Å². The van der Waals surface area contributed by atoms with Crippen molar-refractivity contribution in [3.63, 3.8) is 0 Å². The molecule has 0 aliphatic carbocycles. The maximum absolute atomic E-state index is 11.5. The van der Waals surface area contributed by atoms with E-state index in [0.29, 0.717) is 18.1 Å². The monoisotopic (exact) mass is 213 g/mol. The molecule has 0 atom stereocenters. The zero-order chi connectivity index (χ0) is 10.4. The highest BCUT2D eigenvalue weighted by molar-refractivity contribution is 6.18. The van der Waals surface area contributed by atoms with E-state index in [-0.39, 0.29) is 5.91 Å². The van der Waals surface area contributed by atoms with Crippen LogP contribution in [0.2, 0.25) is 0 Å².